The van der Waals surface area contributed by atoms with Crippen molar-refractivity contribution in [3.8, 4) is 0 Å². The summed E-state index contributed by atoms with van der Waals surface area (Å²) in [5.74, 6) is -0.0751. The van der Waals surface area contributed by atoms with Crippen molar-refractivity contribution < 1.29 is 13.9 Å². The van der Waals surface area contributed by atoms with Gasteiger partial charge in [0, 0.05) is 57.0 Å². The van der Waals surface area contributed by atoms with E-state index in [9.17, 15) is 9.18 Å². The van der Waals surface area contributed by atoms with Crippen LogP contribution in [-0.4, -0.2) is 86.3 Å². The monoisotopic (exact) mass is 432 g/mol. The van der Waals surface area contributed by atoms with E-state index in [0.717, 1.165) is 77.6 Å². The van der Waals surface area contributed by atoms with Crippen molar-refractivity contribution in [2.75, 3.05) is 63.9 Å². The highest BCUT2D eigenvalue weighted by Gasteiger charge is 2.39. The summed E-state index contributed by atoms with van der Waals surface area (Å²) in [5.41, 5.74) is 1.14. The lowest BCUT2D eigenvalue weighted by Gasteiger charge is -2.48. The molecule has 6 nitrogen and oxygen atoms in total. The van der Waals surface area contributed by atoms with E-state index >= 15 is 0 Å². The molecule has 2 saturated heterocycles. The van der Waals surface area contributed by atoms with Gasteiger partial charge in [-0.2, -0.15) is 0 Å². The number of piperazine rings is 1. The lowest BCUT2D eigenvalue weighted by atomic mass is 9.79. The predicted molar refractivity (Wildman–Crippen MR) is 121 cm³/mol. The first-order valence-corrected chi connectivity index (χ1v) is 11.9. The molecule has 0 spiro atoms. The molecular formula is C24H37FN4O2. The van der Waals surface area contributed by atoms with Gasteiger partial charge in [0.15, 0.2) is 0 Å². The van der Waals surface area contributed by atoms with E-state index in [0.29, 0.717) is 0 Å². The highest BCUT2D eigenvalue weighted by molar-refractivity contribution is 5.81. The summed E-state index contributed by atoms with van der Waals surface area (Å²) in [4.78, 5) is 20.1. The van der Waals surface area contributed by atoms with Crippen molar-refractivity contribution in [1.82, 2.24) is 15.1 Å². The second kappa shape index (κ2) is 10.3. The van der Waals surface area contributed by atoms with Crippen molar-refractivity contribution in [1.29, 1.82) is 0 Å². The van der Waals surface area contributed by atoms with Gasteiger partial charge in [-0.15, -0.1) is 0 Å². The second-order valence-corrected chi connectivity index (χ2v) is 9.28. The number of anilines is 1. The molecule has 1 atom stereocenters. The number of benzene rings is 1. The van der Waals surface area contributed by atoms with Crippen LogP contribution in [0.15, 0.2) is 24.3 Å². The van der Waals surface area contributed by atoms with Gasteiger partial charge in [0.1, 0.15) is 5.82 Å². The van der Waals surface area contributed by atoms with Crippen LogP contribution in [0.4, 0.5) is 10.1 Å². The van der Waals surface area contributed by atoms with E-state index in [2.05, 4.69) is 20.0 Å². The van der Waals surface area contributed by atoms with Gasteiger partial charge in [-0.1, -0.05) is 19.3 Å². The van der Waals surface area contributed by atoms with E-state index in [4.69, 9.17) is 4.74 Å². The lowest BCUT2D eigenvalue weighted by Crippen LogP contribution is -2.61. The second-order valence-electron chi connectivity index (χ2n) is 9.28. The van der Waals surface area contributed by atoms with Gasteiger partial charge >= 0.3 is 0 Å². The Balaban J connectivity index is 1.29. The SMILES string of the molecule is CC(C(=O)NCC1(N2CCOCC2)CCCCC1)N1CCN(c2ccc(F)cc2)CC1. The normalized spacial score (nSPS) is 24.0. The number of amides is 1. The molecule has 3 aliphatic rings. The Hall–Kier alpha value is -1.70. The van der Waals surface area contributed by atoms with Crippen LogP contribution in [0.3, 0.4) is 0 Å². The average Bonchev–Trinajstić information content (AvgIpc) is 2.84. The van der Waals surface area contributed by atoms with Crippen molar-refractivity contribution in [3.63, 3.8) is 0 Å². The van der Waals surface area contributed by atoms with Gasteiger partial charge in [-0.05, 0) is 44.0 Å². The zero-order valence-electron chi connectivity index (χ0n) is 18.8. The van der Waals surface area contributed by atoms with Crippen LogP contribution >= 0.6 is 0 Å². The largest absolute Gasteiger partial charge is 0.379 e. The Morgan fingerprint density at radius 1 is 1.03 bits per heavy atom. The predicted octanol–water partition coefficient (Wildman–Crippen LogP) is 2.49. The summed E-state index contributed by atoms with van der Waals surface area (Å²) in [7, 11) is 0. The Morgan fingerprint density at radius 2 is 1.68 bits per heavy atom. The zero-order valence-corrected chi connectivity index (χ0v) is 18.8. The zero-order chi connectivity index (χ0) is 21.7. The molecule has 1 aliphatic carbocycles. The van der Waals surface area contributed by atoms with Gasteiger partial charge in [-0.25, -0.2) is 4.39 Å². The summed E-state index contributed by atoms with van der Waals surface area (Å²) in [6, 6.07) is 6.54. The molecule has 3 fully saturated rings. The van der Waals surface area contributed by atoms with Crippen LogP contribution in [-0.2, 0) is 9.53 Å². The first-order valence-electron chi connectivity index (χ1n) is 11.9. The van der Waals surface area contributed by atoms with Gasteiger partial charge in [0.25, 0.3) is 0 Å². The van der Waals surface area contributed by atoms with E-state index in [1.54, 1.807) is 0 Å². The van der Waals surface area contributed by atoms with Crippen molar-refractivity contribution in [3.05, 3.63) is 30.1 Å². The molecule has 2 heterocycles. The molecule has 0 radical (unpaired) electrons. The van der Waals surface area contributed by atoms with Gasteiger partial charge in [-0.3, -0.25) is 14.6 Å². The molecular weight excluding hydrogens is 395 g/mol. The van der Waals surface area contributed by atoms with Crippen LogP contribution in [0.1, 0.15) is 39.0 Å². The number of carbonyl (C=O) groups is 1. The van der Waals surface area contributed by atoms with Gasteiger partial charge < -0.3 is 15.0 Å². The molecule has 31 heavy (non-hydrogen) atoms. The molecule has 1 unspecified atom stereocenters. The molecule has 1 N–H and O–H groups in total. The van der Waals surface area contributed by atoms with Crippen molar-refractivity contribution in [2.45, 2.75) is 50.6 Å². The van der Waals surface area contributed by atoms with E-state index < -0.39 is 0 Å². The smallest absolute Gasteiger partial charge is 0.237 e. The number of nitrogens with one attached hydrogen (secondary N) is 1. The number of nitrogens with zero attached hydrogens (tertiary/aromatic N) is 3. The minimum Gasteiger partial charge on any atom is -0.379 e. The van der Waals surface area contributed by atoms with Crippen LogP contribution in [0, 0.1) is 5.82 Å². The molecule has 7 heteroatoms. The number of ether oxygens (including phenoxy) is 1. The molecule has 0 bridgehead atoms. The first kappa shape index (κ1) is 22.5. The lowest BCUT2D eigenvalue weighted by molar-refractivity contribution is -0.127. The minimum atomic E-state index is -0.208. The highest BCUT2D eigenvalue weighted by atomic mass is 19.1. The van der Waals surface area contributed by atoms with Crippen LogP contribution in [0.25, 0.3) is 0 Å². The maximum absolute atomic E-state index is 13.2. The fourth-order valence-corrected chi connectivity index (χ4v) is 5.44. The summed E-state index contributed by atoms with van der Waals surface area (Å²) >= 11 is 0. The van der Waals surface area contributed by atoms with E-state index in [1.165, 1.54) is 31.4 Å². The number of carbonyl (C=O) groups excluding carboxylic acids is 1. The standard InChI is InChI=1S/C24H37FN4O2/c1-20(27-11-13-28(14-12-27)22-7-5-21(25)6-8-22)23(30)26-19-24(9-3-2-4-10-24)29-15-17-31-18-16-29/h5-8,20H,2-4,9-19H2,1H3,(H,26,30). The summed E-state index contributed by atoms with van der Waals surface area (Å²) in [6.45, 7) is 9.66. The Labute approximate surface area is 185 Å². The van der Waals surface area contributed by atoms with Crippen molar-refractivity contribution >= 4 is 11.6 Å². The highest BCUT2D eigenvalue weighted by Crippen LogP contribution is 2.34. The molecule has 1 aromatic carbocycles. The molecule has 2 aliphatic heterocycles. The fourth-order valence-electron chi connectivity index (χ4n) is 5.44. The van der Waals surface area contributed by atoms with Crippen LogP contribution < -0.4 is 10.2 Å². The van der Waals surface area contributed by atoms with E-state index in [1.807, 2.05) is 19.1 Å². The molecule has 4 rings (SSSR count). The maximum atomic E-state index is 13.2. The number of morpholine rings is 1. The minimum absolute atomic E-state index is 0.0959. The van der Waals surface area contributed by atoms with E-state index in [-0.39, 0.29) is 23.3 Å². The molecule has 1 saturated carbocycles. The first-order chi connectivity index (χ1) is 15.1. The third-order valence-corrected chi connectivity index (χ3v) is 7.49. The Kier molecular flexibility index (Phi) is 7.46. The maximum Gasteiger partial charge on any atom is 0.237 e. The third kappa shape index (κ3) is 5.38. The number of rotatable bonds is 6. The molecule has 172 valence electrons. The Bertz CT molecular complexity index is 709. The molecule has 0 aromatic heterocycles. The third-order valence-electron chi connectivity index (χ3n) is 7.49. The van der Waals surface area contributed by atoms with Crippen molar-refractivity contribution in [2.24, 2.45) is 0 Å². The van der Waals surface area contributed by atoms with Crippen LogP contribution in [0.5, 0.6) is 0 Å². The van der Waals surface area contributed by atoms with Crippen LogP contribution in [0.2, 0.25) is 0 Å². The summed E-state index contributed by atoms with van der Waals surface area (Å²) in [6.07, 6.45) is 6.12. The quantitative estimate of drug-likeness (QED) is 0.749. The van der Waals surface area contributed by atoms with Gasteiger partial charge in [0.2, 0.25) is 5.91 Å². The fraction of sp³-hybridized carbons (Fsp3) is 0.708. The topological polar surface area (TPSA) is 48.1 Å². The number of hydrogen-bond acceptors (Lipinski definition) is 5. The summed E-state index contributed by atoms with van der Waals surface area (Å²) < 4.78 is 18.8. The molecule has 1 amide bonds. The van der Waals surface area contributed by atoms with Gasteiger partial charge in [0.05, 0.1) is 19.3 Å². The summed E-state index contributed by atoms with van der Waals surface area (Å²) in [5, 5.41) is 3.32. The Morgan fingerprint density at radius 3 is 2.32 bits per heavy atom. The molecule has 1 aromatic rings. The number of hydrogen-bond donors (Lipinski definition) is 1. The number of halogens is 1. The average molecular weight is 433 g/mol.